The predicted molar refractivity (Wildman–Crippen MR) is 102 cm³/mol. The summed E-state index contributed by atoms with van der Waals surface area (Å²) in [6, 6.07) is 13.1. The third-order valence-corrected chi connectivity index (χ3v) is 4.64. The maximum absolute atomic E-state index is 12.6. The third kappa shape index (κ3) is 3.37. The van der Waals surface area contributed by atoms with Gasteiger partial charge in [-0.3, -0.25) is 14.9 Å². The highest BCUT2D eigenvalue weighted by atomic mass is 79.9. The van der Waals surface area contributed by atoms with Crippen LogP contribution in [0.1, 0.15) is 16.8 Å². The number of hydrogen-bond donors (Lipinski definition) is 1. The van der Waals surface area contributed by atoms with Crippen LogP contribution in [0, 0.1) is 13.8 Å². The molecule has 0 radical (unpaired) electrons. The molecule has 0 aliphatic rings. The number of hydrogen-bond acceptors (Lipinski definition) is 2. The molecule has 122 valence electrons. The molecule has 2 aromatic carbocycles. The van der Waals surface area contributed by atoms with E-state index >= 15 is 0 Å². The molecule has 24 heavy (non-hydrogen) atoms. The predicted octanol–water partition coefficient (Wildman–Crippen LogP) is 4.95. The van der Waals surface area contributed by atoms with Crippen LogP contribution in [-0.4, -0.2) is 16.0 Å². The fraction of sp³-hybridized carbons (Fsp3) is 0.111. The maximum atomic E-state index is 12.6. The van der Waals surface area contributed by atoms with E-state index in [1.54, 1.807) is 12.3 Å². The number of aromatic nitrogens is 2. The molecule has 0 bridgehead atoms. The molecule has 6 heteroatoms. The van der Waals surface area contributed by atoms with Crippen molar-refractivity contribution in [2.24, 2.45) is 4.99 Å². The lowest BCUT2D eigenvalue weighted by molar-refractivity contribution is 0.835. The molecular weight excluding hydrogens is 390 g/mol. The van der Waals surface area contributed by atoms with Crippen molar-refractivity contribution >= 4 is 39.4 Å². The van der Waals surface area contributed by atoms with Crippen molar-refractivity contribution in [3.63, 3.8) is 0 Å². The summed E-state index contributed by atoms with van der Waals surface area (Å²) < 4.78 is 2.46. The summed E-state index contributed by atoms with van der Waals surface area (Å²) in [4.78, 5) is 17.0. The number of nitrogens with one attached hydrogen (secondary N) is 1. The van der Waals surface area contributed by atoms with Crippen LogP contribution in [0.25, 0.3) is 5.69 Å². The average molecular weight is 405 g/mol. The lowest BCUT2D eigenvalue weighted by atomic mass is 10.2. The van der Waals surface area contributed by atoms with Crippen molar-refractivity contribution in [2.75, 3.05) is 0 Å². The zero-order valence-corrected chi connectivity index (χ0v) is 15.5. The number of aromatic amines is 1. The SMILES string of the molecule is Cc1ccc(N=Cc2c(C)[nH]n(-c3ccc(Br)cc3)c2=O)cc1Cl. The van der Waals surface area contributed by atoms with E-state index in [1.165, 1.54) is 4.68 Å². The molecular formula is C18H15BrClN3O. The average Bonchev–Trinajstić information content (AvgIpc) is 2.84. The second kappa shape index (κ2) is 6.79. The van der Waals surface area contributed by atoms with E-state index in [0.29, 0.717) is 16.3 Å². The van der Waals surface area contributed by atoms with Gasteiger partial charge in [0.2, 0.25) is 0 Å². The summed E-state index contributed by atoms with van der Waals surface area (Å²) >= 11 is 9.49. The molecule has 1 aromatic heterocycles. The Labute approximate surface area is 152 Å². The van der Waals surface area contributed by atoms with Gasteiger partial charge in [0.1, 0.15) is 0 Å². The summed E-state index contributed by atoms with van der Waals surface area (Å²) in [5.41, 5.74) is 3.60. The number of aryl methyl sites for hydroxylation is 2. The highest BCUT2D eigenvalue weighted by molar-refractivity contribution is 9.10. The zero-order chi connectivity index (χ0) is 17.3. The Bertz CT molecular complexity index is 971. The van der Waals surface area contributed by atoms with E-state index in [1.807, 2.05) is 50.2 Å². The van der Waals surface area contributed by atoms with Crippen LogP contribution in [0.2, 0.25) is 5.02 Å². The van der Waals surface area contributed by atoms with Gasteiger partial charge in [-0.05, 0) is 55.8 Å². The molecule has 0 saturated carbocycles. The summed E-state index contributed by atoms with van der Waals surface area (Å²) in [6.45, 7) is 3.78. The highest BCUT2D eigenvalue weighted by Gasteiger charge is 2.10. The minimum Gasteiger partial charge on any atom is -0.295 e. The van der Waals surface area contributed by atoms with Gasteiger partial charge in [-0.15, -0.1) is 0 Å². The Hall–Kier alpha value is -2.11. The third-order valence-electron chi connectivity index (χ3n) is 3.70. The van der Waals surface area contributed by atoms with Crippen LogP contribution in [-0.2, 0) is 0 Å². The quantitative estimate of drug-likeness (QED) is 0.617. The second-order valence-electron chi connectivity index (χ2n) is 5.46. The first-order valence-electron chi connectivity index (χ1n) is 7.33. The van der Waals surface area contributed by atoms with E-state index in [-0.39, 0.29) is 5.56 Å². The Balaban J connectivity index is 1.97. The van der Waals surface area contributed by atoms with Gasteiger partial charge in [0.25, 0.3) is 5.56 Å². The fourth-order valence-electron chi connectivity index (χ4n) is 2.28. The summed E-state index contributed by atoms with van der Waals surface area (Å²) in [5, 5.41) is 3.73. The molecule has 0 atom stereocenters. The van der Waals surface area contributed by atoms with Gasteiger partial charge < -0.3 is 0 Å². The normalized spacial score (nSPS) is 11.3. The molecule has 0 saturated heterocycles. The minimum absolute atomic E-state index is 0.142. The maximum Gasteiger partial charge on any atom is 0.280 e. The van der Waals surface area contributed by atoms with E-state index in [4.69, 9.17) is 11.6 Å². The van der Waals surface area contributed by atoms with Gasteiger partial charge in [-0.2, -0.15) is 0 Å². The molecule has 4 nitrogen and oxygen atoms in total. The van der Waals surface area contributed by atoms with E-state index in [2.05, 4.69) is 26.0 Å². The first-order valence-corrected chi connectivity index (χ1v) is 8.50. The van der Waals surface area contributed by atoms with Crippen molar-refractivity contribution in [2.45, 2.75) is 13.8 Å². The van der Waals surface area contributed by atoms with Crippen molar-refractivity contribution in [3.8, 4) is 5.69 Å². The molecule has 0 aliphatic carbocycles. The molecule has 0 fully saturated rings. The van der Waals surface area contributed by atoms with Gasteiger partial charge in [0.15, 0.2) is 0 Å². The number of benzene rings is 2. The van der Waals surface area contributed by atoms with Crippen LogP contribution in [0.15, 0.2) is 56.7 Å². The summed E-state index contributed by atoms with van der Waals surface area (Å²) in [7, 11) is 0. The molecule has 3 aromatic rings. The molecule has 0 amide bonds. The van der Waals surface area contributed by atoms with Gasteiger partial charge in [-0.1, -0.05) is 33.6 Å². The molecule has 1 heterocycles. The lowest BCUT2D eigenvalue weighted by Gasteiger charge is -2.00. The number of halogens is 2. The summed E-state index contributed by atoms with van der Waals surface area (Å²) in [6.07, 6.45) is 1.57. The van der Waals surface area contributed by atoms with Crippen LogP contribution >= 0.6 is 27.5 Å². The molecule has 0 aliphatic heterocycles. The number of rotatable bonds is 3. The van der Waals surface area contributed by atoms with Gasteiger partial charge in [-0.25, -0.2) is 4.68 Å². The molecule has 3 rings (SSSR count). The van der Waals surface area contributed by atoms with Crippen molar-refractivity contribution in [1.29, 1.82) is 0 Å². The van der Waals surface area contributed by atoms with Crippen LogP contribution in [0.4, 0.5) is 5.69 Å². The Kier molecular flexibility index (Phi) is 4.73. The standard InChI is InChI=1S/C18H15BrClN3O/c1-11-3-6-14(9-17(11)20)21-10-16-12(2)22-23(18(16)24)15-7-4-13(19)5-8-15/h3-10,22H,1-2H3. The van der Waals surface area contributed by atoms with Crippen molar-refractivity contribution in [1.82, 2.24) is 9.78 Å². The molecule has 0 spiro atoms. The molecule has 0 unspecified atom stereocenters. The van der Waals surface area contributed by atoms with Crippen LogP contribution in [0.5, 0.6) is 0 Å². The largest absolute Gasteiger partial charge is 0.295 e. The van der Waals surface area contributed by atoms with E-state index in [9.17, 15) is 4.79 Å². The van der Waals surface area contributed by atoms with Gasteiger partial charge >= 0.3 is 0 Å². The smallest absolute Gasteiger partial charge is 0.280 e. The molecule has 1 N–H and O–H groups in total. The van der Waals surface area contributed by atoms with E-state index in [0.717, 1.165) is 21.4 Å². The fourth-order valence-corrected chi connectivity index (χ4v) is 2.72. The minimum atomic E-state index is -0.142. The van der Waals surface area contributed by atoms with Crippen LogP contribution < -0.4 is 5.56 Å². The Morgan fingerprint density at radius 1 is 1.17 bits per heavy atom. The van der Waals surface area contributed by atoms with E-state index < -0.39 is 0 Å². The van der Waals surface area contributed by atoms with Gasteiger partial charge in [0, 0.05) is 21.4 Å². The lowest BCUT2D eigenvalue weighted by Crippen LogP contribution is -2.17. The monoisotopic (exact) mass is 403 g/mol. The van der Waals surface area contributed by atoms with Gasteiger partial charge in [0.05, 0.1) is 16.9 Å². The number of H-pyrrole nitrogens is 1. The highest BCUT2D eigenvalue weighted by Crippen LogP contribution is 2.22. The Morgan fingerprint density at radius 3 is 2.54 bits per heavy atom. The first-order chi connectivity index (χ1) is 11.5. The summed E-state index contributed by atoms with van der Waals surface area (Å²) in [5.74, 6) is 0. The Morgan fingerprint density at radius 2 is 1.88 bits per heavy atom. The first kappa shape index (κ1) is 16.7. The zero-order valence-electron chi connectivity index (χ0n) is 13.2. The number of nitrogens with zero attached hydrogens (tertiary/aromatic N) is 2. The van der Waals surface area contributed by atoms with Crippen molar-refractivity contribution in [3.05, 3.63) is 79.1 Å². The van der Waals surface area contributed by atoms with Crippen molar-refractivity contribution < 1.29 is 0 Å². The second-order valence-corrected chi connectivity index (χ2v) is 6.78. The number of aliphatic imine (C=N–C) groups is 1. The topological polar surface area (TPSA) is 50.1 Å². The van der Waals surface area contributed by atoms with Crippen LogP contribution in [0.3, 0.4) is 0 Å².